The van der Waals surface area contributed by atoms with E-state index in [1.807, 2.05) is 24.3 Å². The van der Waals surface area contributed by atoms with E-state index in [0.29, 0.717) is 5.56 Å². The number of benzene rings is 2. The van der Waals surface area contributed by atoms with Crippen molar-refractivity contribution in [3.8, 4) is 11.8 Å². The SMILES string of the molecule is Cc1ccccc1S(=O)(=O)N1CC(=O)N2[C@@H](CO)[C@H](c3ccc(C#CCC4CCCC4)cc3)[C@@H]2C1. The first-order valence-corrected chi connectivity index (χ1v) is 13.9. The van der Waals surface area contributed by atoms with Crippen molar-refractivity contribution in [2.24, 2.45) is 5.92 Å². The van der Waals surface area contributed by atoms with E-state index in [2.05, 4.69) is 11.8 Å². The fraction of sp³-hybridized carbons (Fsp3) is 0.464. The van der Waals surface area contributed by atoms with E-state index in [4.69, 9.17) is 0 Å². The number of hydrogen-bond donors (Lipinski definition) is 1. The summed E-state index contributed by atoms with van der Waals surface area (Å²) < 4.78 is 28.0. The number of carbonyl (C=O) groups excluding carboxylic acids is 1. The highest BCUT2D eigenvalue weighted by Crippen LogP contribution is 2.43. The Morgan fingerprint density at radius 1 is 1.06 bits per heavy atom. The van der Waals surface area contributed by atoms with Gasteiger partial charge in [-0.2, -0.15) is 4.31 Å². The van der Waals surface area contributed by atoms with Gasteiger partial charge in [0.2, 0.25) is 15.9 Å². The lowest BCUT2D eigenvalue weighted by Gasteiger charge is -2.58. The Kier molecular flexibility index (Phi) is 6.71. The Morgan fingerprint density at radius 3 is 2.46 bits per heavy atom. The molecule has 0 unspecified atom stereocenters. The number of aliphatic hydroxyl groups is 1. The van der Waals surface area contributed by atoms with Gasteiger partial charge in [-0.3, -0.25) is 4.79 Å². The number of sulfonamides is 1. The van der Waals surface area contributed by atoms with Gasteiger partial charge in [0.15, 0.2) is 0 Å². The first-order valence-electron chi connectivity index (χ1n) is 12.5. The molecule has 3 aliphatic rings. The van der Waals surface area contributed by atoms with E-state index in [-0.39, 0.29) is 48.5 Å². The van der Waals surface area contributed by atoms with Crippen LogP contribution in [0.5, 0.6) is 0 Å². The van der Waals surface area contributed by atoms with Crippen molar-refractivity contribution in [2.45, 2.75) is 61.9 Å². The maximum absolute atomic E-state index is 13.4. The molecule has 5 rings (SSSR count). The first kappa shape index (κ1) is 24.1. The quantitative estimate of drug-likeness (QED) is 0.650. The normalized spacial score (nSPS) is 25.0. The van der Waals surface area contributed by atoms with Gasteiger partial charge in [0, 0.05) is 24.4 Å². The molecule has 1 amide bonds. The molecular weight excluding hydrogens is 460 g/mol. The molecular formula is C28H32N2O4S. The summed E-state index contributed by atoms with van der Waals surface area (Å²) in [5, 5.41) is 10.0. The van der Waals surface area contributed by atoms with Crippen molar-refractivity contribution < 1.29 is 18.3 Å². The Hall–Kier alpha value is -2.66. The lowest BCUT2D eigenvalue weighted by molar-refractivity contribution is -0.158. The molecule has 6 nitrogen and oxygen atoms in total. The zero-order valence-electron chi connectivity index (χ0n) is 20.1. The third-order valence-corrected chi connectivity index (χ3v) is 9.80. The number of nitrogens with zero attached hydrogens (tertiary/aromatic N) is 2. The van der Waals surface area contributed by atoms with Gasteiger partial charge in [0.05, 0.1) is 30.1 Å². The smallest absolute Gasteiger partial charge is 0.243 e. The standard InChI is InChI=1S/C28H32N2O4S/c1-20-7-2-5-12-26(20)35(33,34)29-17-24-28(25(19-31)30(24)27(32)18-29)23-15-13-22(14-16-23)11-6-10-21-8-3-4-9-21/h2,5,7,12-16,21,24-25,28,31H,3-4,8-10,17-19H2,1H3/t24-,25-,28+/m0/s1. The lowest BCUT2D eigenvalue weighted by Crippen LogP contribution is -2.73. The van der Waals surface area contributed by atoms with Crippen LogP contribution in [0.4, 0.5) is 0 Å². The lowest BCUT2D eigenvalue weighted by atomic mass is 9.74. The molecule has 35 heavy (non-hydrogen) atoms. The molecule has 0 radical (unpaired) electrons. The van der Waals surface area contributed by atoms with Crippen LogP contribution in [0.15, 0.2) is 53.4 Å². The van der Waals surface area contributed by atoms with Crippen LogP contribution < -0.4 is 0 Å². The number of piperazine rings is 1. The molecule has 2 aliphatic heterocycles. The van der Waals surface area contributed by atoms with Crippen molar-refractivity contribution in [1.82, 2.24) is 9.21 Å². The first-order chi connectivity index (χ1) is 16.9. The highest BCUT2D eigenvalue weighted by Gasteiger charge is 2.55. The molecule has 0 spiro atoms. The largest absolute Gasteiger partial charge is 0.394 e. The summed E-state index contributed by atoms with van der Waals surface area (Å²) in [6, 6.07) is 14.2. The molecule has 2 heterocycles. The van der Waals surface area contributed by atoms with Crippen LogP contribution in [0.2, 0.25) is 0 Å². The predicted molar refractivity (Wildman–Crippen MR) is 134 cm³/mol. The molecule has 0 bridgehead atoms. The van der Waals surface area contributed by atoms with Gasteiger partial charge in [-0.1, -0.05) is 55.0 Å². The summed E-state index contributed by atoms with van der Waals surface area (Å²) >= 11 is 0. The number of fused-ring (bicyclic) bond motifs is 1. The van der Waals surface area contributed by atoms with Crippen molar-refractivity contribution in [3.05, 3.63) is 65.2 Å². The number of aryl methyl sites for hydroxylation is 1. The van der Waals surface area contributed by atoms with Crippen LogP contribution in [-0.4, -0.2) is 60.4 Å². The van der Waals surface area contributed by atoms with Crippen LogP contribution in [0.25, 0.3) is 0 Å². The van der Waals surface area contributed by atoms with Crippen LogP contribution in [0.3, 0.4) is 0 Å². The summed E-state index contributed by atoms with van der Waals surface area (Å²) in [5.74, 6) is 6.92. The van der Waals surface area contributed by atoms with Crippen molar-refractivity contribution in [1.29, 1.82) is 0 Å². The Labute approximate surface area is 208 Å². The molecule has 1 saturated carbocycles. The van der Waals surface area contributed by atoms with Crippen molar-refractivity contribution >= 4 is 15.9 Å². The molecule has 1 aliphatic carbocycles. The third-order valence-electron chi connectivity index (χ3n) is 7.83. The van der Waals surface area contributed by atoms with E-state index in [1.54, 1.807) is 36.1 Å². The highest BCUT2D eigenvalue weighted by atomic mass is 32.2. The molecule has 7 heteroatoms. The summed E-state index contributed by atoms with van der Waals surface area (Å²) in [4.78, 5) is 14.9. The Bertz CT molecular complexity index is 1260. The van der Waals surface area contributed by atoms with Gasteiger partial charge in [-0.15, -0.1) is 0 Å². The highest BCUT2D eigenvalue weighted by molar-refractivity contribution is 7.89. The van der Waals surface area contributed by atoms with Gasteiger partial charge >= 0.3 is 0 Å². The minimum atomic E-state index is -3.80. The van der Waals surface area contributed by atoms with E-state index < -0.39 is 10.0 Å². The summed E-state index contributed by atoms with van der Waals surface area (Å²) in [5.41, 5.74) is 2.60. The number of amides is 1. The third kappa shape index (κ3) is 4.51. The maximum Gasteiger partial charge on any atom is 0.243 e. The Balaban J connectivity index is 1.34. The number of aliphatic hydroxyl groups excluding tert-OH is 1. The number of carbonyl (C=O) groups is 1. The van der Waals surface area contributed by atoms with E-state index in [1.165, 1.54) is 30.0 Å². The van der Waals surface area contributed by atoms with Crippen molar-refractivity contribution in [2.75, 3.05) is 19.7 Å². The maximum atomic E-state index is 13.4. The zero-order valence-corrected chi connectivity index (χ0v) is 20.9. The monoisotopic (exact) mass is 492 g/mol. The molecule has 2 aromatic rings. The second-order valence-electron chi connectivity index (χ2n) is 9.99. The summed E-state index contributed by atoms with van der Waals surface area (Å²) in [6.45, 7) is 1.62. The summed E-state index contributed by atoms with van der Waals surface area (Å²) in [6.07, 6.45) is 6.15. The average Bonchev–Trinajstić information content (AvgIpc) is 3.35. The molecule has 2 saturated heterocycles. The number of hydrogen-bond acceptors (Lipinski definition) is 4. The molecule has 1 N–H and O–H groups in total. The zero-order chi connectivity index (χ0) is 24.6. The van der Waals surface area contributed by atoms with Gasteiger partial charge in [0.25, 0.3) is 0 Å². The van der Waals surface area contributed by atoms with Gasteiger partial charge in [0.1, 0.15) is 0 Å². The number of rotatable bonds is 5. The summed E-state index contributed by atoms with van der Waals surface area (Å²) in [7, 11) is -3.80. The molecule has 184 valence electrons. The van der Waals surface area contributed by atoms with E-state index in [9.17, 15) is 18.3 Å². The van der Waals surface area contributed by atoms with Crippen LogP contribution in [0.1, 0.15) is 54.7 Å². The van der Waals surface area contributed by atoms with E-state index >= 15 is 0 Å². The van der Waals surface area contributed by atoms with Gasteiger partial charge in [-0.05, 0) is 55.0 Å². The molecule has 3 atom stereocenters. The second kappa shape index (κ2) is 9.77. The van der Waals surface area contributed by atoms with Crippen LogP contribution >= 0.6 is 0 Å². The molecule has 0 aromatic heterocycles. The van der Waals surface area contributed by atoms with Gasteiger partial charge < -0.3 is 10.0 Å². The fourth-order valence-corrected chi connectivity index (χ4v) is 7.57. The molecule has 3 fully saturated rings. The Morgan fingerprint density at radius 2 is 1.77 bits per heavy atom. The van der Waals surface area contributed by atoms with E-state index in [0.717, 1.165) is 23.5 Å². The molecule has 2 aromatic carbocycles. The van der Waals surface area contributed by atoms with Crippen molar-refractivity contribution in [3.63, 3.8) is 0 Å². The van der Waals surface area contributed by atoms with Gasteiger partial charge in [-0.25, -0.2) is 8.42 Å². The topological polar surface area (TPSA) is 77.9 Å². The second-order valence-corrected chi connectivity index (χ2v) is 11.9. The van der Waals surface area contributed by atoms with Crippen LogP contribution in [0, 0.1) is 24.7 Å². The minimum Gasteiger partial charge on any atom is -0.394 e. The predicted octanol–water partition coefficient (Wildman–Crippen LogP) is 3.29. The minimum absolute atomic E-state index is 0.126. The van der Waals surface area contributed by atoms with Crippen LogP contribution in [-0.2, 0) is 14.8 Å². The fourth-order valence-electron chi connectivity index (χ4n) is 5.94. The average molecular weight is 493 g/mol.